The first-order valence-electron chi connectivity index (χ1n) is 6.26. The molecule has 0 saturated carbocycles. The van der Waals surface area contributed by atoms with Crippen molar-refractivity contribution in [3.05, 3.63) is 59.2 Å². The second kappa shape index (κ2) is 7.05. The third-order valence-corrected chi connectivity index (χ3v) is 2.86. The Hall–Kier alpha value is -2.12. The average molecular weight is 291 g/mol. The van der Waals surface area contributed by atoms with Gasteiger partial charge in [0, 0.05) is 36.3 Å². The van der Waals surface area contributed by atoms with Gasteiger partial charge in [0.2, 0.25) is 0 Å². The molecular weight excluding hydrogens is 277 g/mol. The molecule has 0 atom stereocenters. The molecule has 0 saturated heterocycles. The maximum Gasteiger partial charge on any atom is 0.658 e. The average Bonchev–Trinajstić information content (AvgIpc) is 2.48. The second-order valence-electron chi connectivity index (χ2n) is 4.25. The molecule has 2 aromatic rings. The van der Waals surface area contributed by atoms with Crippen LogP contribution in [0.2, 0.25) is 0 Å². The summed E-state index contributed by atoms with van der Waals surface area (Å²) in [4.78, 5) is 0. The van der Waals surface area contributed by atoms with Gasteiger partial charge in [-0.05, 0) is 12.1 Å². The highest BCUT2D eigenvalue weighted by Gasteiger charge is 2.07. The molecule has 0 bridgehead atoms. The molecule has 4 N–H and O–H groups in total. The lowest BCUT2D eigenvalue weighted by molar-refractivity contribution is 0.453. The van der Waals surface area contributed by atoms with Crippen LogP contribution in [0.4, 0.5) is 8.78 Å². The van der Waals surface area contributed by atoms with Crippen LogP contribution in [-0.2, 0) is 13.1 Å². The van der Waals surface area contributed by atoms with E-state index in [4.69, 9.17) is 20.8 Å². The molecule has 7 heteroatoms. The molecule has 21 heavy (non-hydrogen) atoms. The summed E-state index contributed by atoms with van der Waals surface area (Å²) in [5.41, 5.74) is 11.5. The van der Waals surface area contributed by atoms with E-state index in [1.54, 1.807) is 12.1 Å². The van der Waals surface area contributed by atoms with Crippen molar-refractivity contribution in [1.82, 2.24) is 0 Å². The zero-order valence-corrected chi connectivity index (χ0v) is 11.2. The Labute approximate surface area is 122 Å². The number of halogens is 2. The van der Waals surface area contributed by atoms with Gasteiger partial charge in [-0.25, -0.2) is 8.78 Å². The van der Waals surface area contributed by atoms with Gasteiger partial charge in [-0.2, -0.15) is 0 Å². The van der Waals surface area contributed by atoms with Crippen molar-refractivity contribution >= 4 is 7.69 Å². The van der Waals surface area contributed by atoms with Gasteiger partial charge in [0.25, 0.3) is 0 Å². The van der Waals surface area contributed by atoms with E-state index in [1.807, 2.05) is 0 Å². The number of nitrogens with two attached hydrogens (primary N) is 2. The van der Waals surface area contributed by atoms with Crippen LogP contribution in [0.5, 0.6) is 11.5 Å². The minimum atomic E-state index is -0.457. The fourth-order valence-electron chi connectivity index (χ4n) is 1.67. The molecule has 0 amide bonds. The van der Waals surface area contributed by atoms with Gasteiger partial charge in [0.15, 0.2) is 0 Å². The van der Waals surface area contributed by atoms with Crippen LogP contribution in [0.3, 0.4) is 0 Å². The maximum atomic E-state index is 13.5. The van der Waals surface area contributed by atoms with E-state index in [1.165, 1.54) is 24.3 Å². The van der Waals surface area contributed by atoms with Gasteiger partial charge in [-0.1, -0.05) is 12.1 Å². The van der Waals surface area contributed by atoms with Gasteiger partial charge in [0.1, 0.15) is 23.1 Å². The number of hydrogen-bond acceptors (Lipinski definition) is 4. The minimum Gasteiger partial charge on any atom is -0.526 e. The summed E-state index contributed by atoms with van der Waals surface area (Å²) >= 11 is 0. The predicted octanol–water partition coefficient (Wildman–Crippen LogP) is 1.87. The molecule has 0 aliphatic carbocycles. The molecule has 0 heterocycles. The second-order valence-corrected chi connectivity index (χ2v) is 4.25. The van der Waals surface area contributed by atoms with Crippen molar-refractivity contribution in [3.63, 3.8) is 0 Å². The summed E-state index contributed by atoms with van der Waals surface area (Å²) in [6.45, 7) is 0.220. The summed E-state index contributed by atoms with van der Waals surface area (Å²) in [7, 11) is 0.994. The van der Waals surface area contributed by atoms with Gasteiger partial charge >= 0.3 is 7.69 Å². The van der Waals surface area contributed by atoms with E-state index in [0.29, 0.717) is 11.1 Å². The minimum absolute atomic E-state index is 0.110. The first-order chi connectivity index (χ1) is 10.1. The molecule has 0 unspecified atom stereocenters. The van der Waals surface area contributed by atoms with Gasteiger partial charge in [-0.3, -0.25) is 0 Å². The van der Waals surface area contributed by atoms with Gasteiger partial charge in [-0.15, -0.1) is 0 Å². The van der Waals surface area contributed by atoms with Crippen LogP contribution in [0.15, 0.2) is 36.4 Å². The third-order valence-electron chi connectivity index (χ3n) is 2.86. The summed E-state index contributed by atoms with van der Waals surface area (Å²) in [5.74, 6) is -0.406. The summed E-state index contributed by atoms with van der Waals surface area (Å²) in [6, 6.07) is 8.55. The topological polar surface area (TPSA) is 70.5 Å². The van der Waals surface area contributed by atoms with Crippen molar-refractivity contribution < 1.29 is 18.1 Å². The van der Waals surface area contributed by atoms with Crippen LogP contribution >= 0.6 is 0 Å². The van der Waals surface area contributed by atoms with Crippen LogP contribution in [0.25, 0.3) is 0 Å². The van der Waals surface area contributed by atoms with Gasteiger partial charge < -0.3 is 20.8 Å². The lowest BCUT2D eigenvalue weighted by Gasteiger charge is -2.08. The van der Waals surface area contributed by atoms with E-state index in [-0.39, 0.29) is 24.6 Å². The van der Waals surface area contributed by atoms with Crippen molar-refractivity contribution in [1.29, 1.82) is 0 Å². The van der Waals surface area contributed by atoms with Crippen LogP contribution < -0.4 is 20.8 Å². The Morgan fingerprint density at radius 1 is 0.810 bits per heavy atom. The molecule has 0 aliphatic rings. The van der Waals surface area contributed by atoms with Crippen molar-refractivity contribution in [2.24, 2.45) is 11.5 Å². The Balaban J connectivity index is 1.92. The van der Waals surface area contributed by atoms with E-state index in [0.717, 1.165) is 7.69 Å². The Morgan fingerprint density at radius 2 is 1.24 bits per heavy atom. The molecular formula is C14H14BF2N2O2. The fourth-order valence-corrected chi connectivity index (χ4v) is 1.67. The quantitative estimate of drug-likeness (QED) is 0.797. The molecule has 0 aliphatic heterocycles. The zero-order chi connectivity index (χ0) is 15.2. The van der Waals surface area contributed by atoms with Crippen LogP contribution in [0, 0.1) is 11.6 Å². The van der Waals surface area contributed by atoms with E-state index < -0.39 is 11.6 Å². The highest BCUT2D eigenvalue weighted by Crippen LogP contribution is 2.18. The summed E-state index contributed by atoms with van der Waals surface area (Å²) in [5, 5.41) is 0. The standard InChI is InChI=1S/C14H14BF2N2O2/c16-13-5-11(3-1-9(13)7-18)20-15-21-12-4-2-10(8-19)14(17)6-12/h1-6H,7-8,18-19H2. The Morgan fingerprint density at radius 3 is 1.57 bits per heavy atom. The molecule has 0 spiro atoms. The monoisotopic (exact) mass is 291 g/mol. The predicted molar refractivity (Wildman–Crippen MR) is 75.6 cm³/mol. The van der Waals surface area contributed by atoms with Crippen LogP contribution in [-0.4, -0.2) is 7.69 Å². The Bertz CT molecular complexity index is 572. The van der Waals surface area contributed by atoms with E-state index in [9.17, 15) is 8.78 Å². The van der Waals surface area contributed by atoms with E-state index >= 15 is 0 Å². The van der Waals surface area contributed by atoms with Gasteiger partial charge in [0.05, 0.1) is 0 Å². The lowest BCUT2D eigenvalue weighted by Crippen LogP contribution is -2.12. The maximum absolute atomic E-state index is 13.5. The molecule has 1 radical (unpaired) electrons. The first kappa shape index (κ1) is 15.3. The fraction of sp³-hybridized carbons (Fsp3) is 0.143. The highest BCUT2D eigenvalue weighted by molar-refractivity contribution is 6.20. The molecule has 0 fully saturated rings. The number of benzene rings is 2. The normalized spacial score (nSPS) is 10.3. The molecule has 0 aromatic heterocycles. The van der Waals surface area contributed by atoms with Crippen molar-refractivity contribution in [2.75, 3.05) is 0 Å². The molecule has 4 nitrogen and oxygen atoms in total. The largest absolute Gasteiger partial charge is 0.658 e. The molecule has 109 valence electrons. The number of rotatable bonds is 6. The van der Waals surface area contributed by atoms with Crippen molar-refractivity contribution in [2.45, 2.75) is 13.1 Å². The third kappa shape index (κ3) is 3.93. The smallest absolute Gasteiger partial charge is 0.526 e. The Kier molecular flexibility index (Phi) is 5.13. The number of hydrogen-bond donors (Lipinski definition) is 2. The molecule has 2 rings (SSSR count). The summed E-state index contributed by atoms with van der Waals surface area (Å²) in [6.07, 6.45) is 0. The first-order valence-corrected chi connectivity index (χ1v) is 6.26. The summed E-state index contributed by atoms with van der Waals surface area (Å²) < 4.78 is 37.1. The highest BCUT2D eigenvalue weighted by atomic mass is 19.1. The van der Waals surface area contributed by atoms with Crippen LogP contribution in [0.1, 0.15) is 11.1 Å². The zero-order valence-electron chi connectivity index (χ0n) is 11.2. The lowest BCUT2D eigenvalue weighted by atomic mass is 10.2. The SMILES string of the molecule is NCc1ccc(O[B]Oc2ccc(CN)c(F)c2)cc1F. The van der Waals surface area contributed by atoms with Crippen molar-refractivity contribution in [3.8, 4) is 11.5 Å². The van der Waals surface area contributed by atoms with E-state index in [2.05, 4.69) is 0 Å². The molecule has 2 aromatic carbocycles.